The largest absolute Gasteiger partial charge is 0.329 e. The molecule has 0 bridgehead atoms. The van der Waals surface area contributed by atoms with Gasteiger partial charge in [0.05, 0.1) is 5.69 Å². The van der Waals surface area contributed by atoms with Gasteiger partial charge in [0.25, 0.3) is 0 Å². The zero-order valence-corrected chi connectivity index (χ0v) is 12.7. The number of piperidine rings is 1. The fourth-order valence-corrected chi connectivity index (χ4v) is 3.32. The summed E-state index contributed by atoms with van der Waals surface area (Å²) < 4.78 is 1.88. The highest BCUT2D eigenvalue weighted by molar-refractivity contribution is 5.33. The predicted octanol–water partition coefficient (Wildman–Crippen LogP) is 2.43. The summed E-state index contributed by atoms with van der Waals surface area (Å²) in [5, 5.41) is 4.26. The summed E-state index contributed by atoms with van der Waals surface area (Å²) in [6, 6.07) is 11.1. The van der Waals surface area contributed by atoms with Gasteiger partial charge in [0.15, 0.2) is 0 Å². The maximum absolute atomic E-state index is 5.97. The van der Waals surface area contributed by atoms with E-state index in [1.807, 2.05) is 16.9 Å². The lowest BCUT2D eigenvalue weighted by molar-refractivity contribution is 0.0991. The lowest BCUT2D eigenvalue weighted by Gasteiger charge is -2.39. The van der Waals surface area contributed by atoms with E-state index < -0.39 is 0 Å². The van der Waals surface area contributed by atoms with E-state index in [0.29, 0.717) is 12.0 Å². The molecule has 2 aromatic rings. The summed E-state index contributed by atoms with van der Waals surface area (Å²) in [5.41, 5.74) is 8.42. The van der Waals surface area contributed by atoms with Crippen molar-refractivity contribution in [2.75, 3.05) is 13.1 Å². The standard InChI is InChI=1S/C17H24N4/c1-14-4-2-10-20(17(14)12-18)13-15-5-7-16(8-6-15)21-11-3-9-19-21/h3,5-9,11,14,17H,2,4,10,12-13,18H2,1H3. The number of hydrogen-bond donors (Lipinski definition) is 1. The zero-order chi connectivity index (χ0) is 14.7. The highest BCUT2D eigenvalue weighted by Crippen LogP contribution is 2.24. The lowest BCUT2D eigenvalue weighted by atomic mass is 9.90. The van der Waals surface area contributed by atoms with Crippen LogP contribution in [0.5, 0.6) is 0 Å². The van der Waals surface area contributed by atoms with E-state index in [2.05, 4.69) is 41.2 Å². The van der Waals surface area contributed by atoms with Crippen molar-refractivity contribution in [3.05, 3.63) is 48.3 Å². The normalized spacial score (nSPS) is 23.3. The van der Waals surface area contributed by atoms with Crippen molar-refractivity contribution in [3.63, 3.8) is 0 Å². The van der Waals surface area contributed by atoms with Gasteiger partial charge in [-0.2, -0.15) is 5.10 Å². The first-order valence-corrected chi connectivity index (χ1v) is 7.81. The molecule has 0 saturated carbocycles. The molecule has 1 fully saturated rings. The van der Waals surface area contributed by atoms with Crippen LogP contribution in [0.1, 0.15) is 25.3 Å². The first kappa shape index (κ1) is 14.3. The molecule has 4 nitrogen and oxygen atoms in total. The van der Waals surface area contributed by atoms with Gasteiger partial charge in [0, 0.05) is 31.5 Å². The Morgan fingerprint density at radius 3 is 2.76 bits per heavy atom. The minimum Gasteiger partial charge on any atom is -0.329 e. The second kappa shape index (κ2) is 6.41. The molecular formula is C17H24N4. The number of benzene rings is 1. The van der Waals surface area contributed by atoms with Crippen LogP contribution in [-0.4, -0.2) is 33.8 Å². The summed E-state index contributed by atoms with van der Waals surface area (Å²) in [6.45, 7) is 5.23. The van der Waals surface area contributed by atoms with Crippen LogP contribution in [0.4, 0.5) is 0 Å². The van der Waals surface area contributed by atoms with Gasteiger partial charge in [-0.15, -0.1) is 0 Å². The monoisotopic (exact) mass is 284 g/mol. The van der Waals surface area contributed by atoms with Crippen molar-refractivity contribution in [2.24, 2.45) is 11.7 Å². The van der Waals surface area contributed by atoms with Crippen LogP contribution in [0.15, 0.2) is 42.7 Å². The Kier molecular flexibility index (Phi) is 4.36. The minimum atomic E-state index is 0.518. The van der Waals surface area contributed by atoms with Crippen LogP contribution in [0.2, 0.25) is 0 Å². The molecule has 0 amide bonds. The molecule has 0 radical (unpaired) electrons. The number of aromatic nitrogens is 2. The summed E-state index contributed by atoms with van der Waals surface area (Å²) in [7, 11) is 0. The fraction of sp³-hybridized carbons (Fsp3) is 0.471. The summed E-state index contributed by atoms with van der Waals surface area (Å²) in [5.74, 6) is 0.701. The Bertz CT molecular complexity index is 547. The van der Waals surface area contributed by atoms with E-state index in [-0.39, 0.29) is 0 Å². The average Bonchev–Trinajstić information content (AvgIpc) is 3.03. The number of likely N-dealkylation sites (tertiary alicyclic amines) is 1. The van der Waals surface area contributed by atoms with Gasteiger partial charge in [0.1, 0.15) is 0 Å². The second-order valence-corrected chi connectivity index (χ2v) is 6.01. The molecule has 1 saturated heterocycles. The molecule has 2 heterocycles. The third-order valence-electron chi connectivity index (χ3n) is 4.56. The van der Waals surface area contributed by atoms with Gasteiger partial charge >= 0.3 is 0 Å². The third-order valence-corrected chi connectivity index (χ3v) is 4.56. The Morgan fingerprint density at radius 2 is 2.10 bits per heavy atom. The van der Waals surface area contributed by atoms with Crippen molar-refractivity contribution in [3.8, 4) is 5.69 Å². The average molecular weight is 284 g/mol. The van der Waals surface area contributed by atoms with Crippen LogP contribution in [0, 0.1) is 5.92 Å². The van der Waals surface area contributed by atoms with Crippen molar-refractivity contribution < 1.29 is 0 Å². The molecule has 1 aromatic heterocycles. The number of rotatable bonds is 4. The van der Waals surface area contributed by atoms with E-state index in [4.69, 9.17) is 5.73 Å². The Labute approximate surface area is 126 Å². The summed E-state index contributed by atoms with van der Waals surface area (Å²) in [4.78, 5) is 2.54. The number of hydrogen-bond acceptors (Lipinski definition) is 3. The molecule has 21 heavy (non-hydrogen) atoms. The topological polar surface area (TPSA) is 47.1 Å². The lowest BCUT2D eigenvalue weighted by Crippen LogP contribution is -2.47. The van der Waals surface area contributed by atoms with E-state index in [1.54, 1.807) is 6.20 Å². The predicted molar refractivity (Wildman–Crippen MR) is 85.2 cm³/mol. The first-order valence-electron chi connectivity index (χ1n) is 7.81. The maximum Gasteiger partial charge on any atom is 0.0645 e. The highest BCUT2D eigenvalue weighted by atomic mass is 15.3. The highest BCUT2D eigenvalue weighted by Gasteiger charge is 2.27. The smallest absolute Gasteiger partial charge is 0.0645 e. The van der Waals surface area contributed by atoms with E-state index >= 15 is 0 Å². The quantitative estimate of drug-likeness (QED) is 0.938. The molecule has 1 aromatic carbocycles. The van der Waals surface area contributed by atoms with Crippen LogP contribution in [0.3, 0.4) is 0 Å². The molecule has 0 spiro atoms. The second-order valence-electron chi connectivity index (χ2n) is 6.01. The van der Waals surface area contributed by atoms with Gasteiger partial charge in [0.2, 0.25) is 0 Å². The van der Waals surface area contributed by atoms with E-state index in [1.165, 1.54) is 18.4 Å². The van der Waals surface area contributed by atoms with Crippen molar-refractivity contribution >= 4 is 0 Å². The van der Waals surface area contributed by atoms with Crippen molar-refractivity contribution in [2.45, 2.75) is 32.4 Å². The number of nitrogens with zero attached hydrogens (tertiary/aromatic N) is 3. The van der Waals surface area contributed by atoms with Crippen molar-refractivity contribution in [1.29, 1.82) is 0 Å². The van der Waals surface area contributed by atoms with Crippen LogP contribution >= 0.6 is 0 Å². The molecule has 112 valence electrons. The van der Waals surface area contributed by atoms with E-state index in [0.717, 1.165) is 25.3 Å². The third kappa shape index (κ3) is 3.17. The van der Waals surface area contributed by atoms with E-state index in [9.17, 15) is 0 Å². The molecule has 1 aliphatic rings. The Balaban J connectivity index is 1.70. The SMILES string of the molecule is CC1CCCN(Cc2ccc(-n3cccn3)cc2)C1CN. The van der Waals surface area contributed by atoms with Crippen LogP contribution in [-0.2, 0) is 6.54 Å². The van der Waals surface area contributed by atoms with Gasteiger partial charge in [-0.1, -0.05) is 19.1 Å². The molecule has 1 aliphatic heterocycles. The molecule has 2 N–H and O–H groups in total. The Hall–Kier alpha value is -1.65. The maximum atomic E-state index is 5.97. The van der Waals surface area contributed by atoms with Gasteiger partial charge in [-0.3, -0.25) is 4.90 Å². The molecule has 3 rings (SSSR count). The molecule has 2 unspecified atom stereocenters. The molecule has 0 aliphatic carbocycles. The van der Waals surface area contributed by atoms with Gasteiger partial charge < -0.3 is 5.73 Å². The molecule has 2 atom stereocenters. The van der Waals surface area contributed by atoms with Crippen LogP contribution < -0.4 is 5.73 Å². The van der Waals surface area contributed by atoms with Crippen LogP contribution in [0.25, 0.3) is 5.69 Å². The van der Waals surface area contributed by atoms with Crippen molar-refractivity contribution in [1.82, 2.24) is 14.7 Å². The first-order chi connectivity index (χ1) is 10.3. The Morgan fingerprint density at radius 1 is 1.29 bits per heavy atom. The van der Waals surface area contributed by atoms with Gasteiger partial charge in [-0.05, 0) is 49.1 Å². The zero-order valence-electron chi connectivity index (χ0n) is 12.7. The summed E-state index contributed by atoms with van der Waals surface area (Å²) in [6.07, 6.45) is 6.35. The molecular weight excluding hydrogens is 260 g/mol. The molecule has 4 heteroatoms. The number of nitrogens with two attached hydrogens (primary N) is 1. The minimum absolute atomic E-state index is 0.518. The van der Waals surface area contributed by atoms with Gasteiger partial charge in [-0.25, -0.2) is 4.68 Å². The fourth-order valence-electron chi connectivity index (χ4n) is 3.32. The summed E-state index contributed by atoms with van der Waals surface area (Å²) >= 11 is 0.